The molecule has 1 amide bonds. The van der Waals surface area contributed by atoms with Gasteiger partial charge in [-0.25, -0.2) is 9.66 Å². The molecule has 2 aromatic rings. The third-order valence-electron chi connectivity index (χ3n) is 2.82. The first-order valence-corrected chi connectivity index (χ1v) is 7.76. The molecule has 0 bridgehead atoms. The van der Waals surface area contributed by atoms with Gasteiger partial charge in [0.05, 0.1) is 4.91 Å². The van der Waals surface area contributed by atoms with E-state index in [0.29, 0.717) is 9.93 Å². The number of imidazole rings is 1. The number of halogens is 1. The molecule has 0 aliphatic heterocycles. The Hall–Kier alpha value is -1.98. The fraction of sp³-hybridized carbons (Fsp3) is 0.125. The summed E-state index contributed by atoms with van der Waals surface area (Å²) in [7, 11) is 0. The lowest BCUT2D eigenvalue weighted by Gasteiger charge is -2.13. The van der Waals surface area contributed by atoms with Crippen LogP contribution in [0, 0.1) is 0 Å². The lowest BCUT2D eigenvalue weighted by atomic mass is 10.1. The lowest BCUT2D eigenvalue weighted by Crippen LogP contribution is -2.22. The van der Waals surface area contributed by atoms with Crippen molar-refractivity contribution in [3.05, 3.63) is 70.0 Å². The Morgan fingerprint density at radius 2 is 2.18 bits per heavy atom. The number of nitrogens with zero attached hydrogens (tertiary/aromatic N) is 2. The van der Waals surface area contributed by atoms with Crippen molar-refractivity contribution >= 4 is 34.8 Å². The molecule has 1 heterocycles. The maximum absolute atomic E-state index is 12.5. The number of thioether (sulfide) groups is 1. The molecule has 2 rings (SSSR count). The van der Waals surface area contributed by atoms with E-state index in [1.807, 2.05) is 32.0 Å². The van der Waals surface area contributed by atoms with Gasteiger partial charge in [-0.3, -0.25) is 10.2 Å². The molecule has 0 aliphatic rings. The summed E-state index contributed by atoms with van der Waals surface area (Å²) in [6.45, 7) is 7.63. The van der Waals surface area contributed by atoms with Crippen molar-refractivity contribution in [2.24, 2.45) is 0 Å². The third kappa shape index (κ3) is 4.26. The first-order chi connectivity index (χ1) is 10.5. The van der Waals surface area contributed by atoms with Gasteiger partial charge in [0, 0.05) is 17.4 Å². The summed E-state index contributed by atoms with van der Waals surface area (Å²) in [5.41, 5.74) is 4.50. The number of amides is 1. The van der Waals surface area contributed by atoms with E-state index in [4.69, 9.17) is 11.6 Å². The summed E-state index contributed by atoms with van der Waals surface area (Å²) < 4.78 is 1.51. The van der Waals surface area contributed by atoms with Gasteiger partial charge in [0.1, 0.15) is 6.33 Å². The van der Waals surface area contributed by atoms with Crippen molar-refractivity contribution in [1.29, 1.82) is 0 Å². The minimum Gasteiger partial charge on any atom is -0.267 e. The standard InChI is InChI=1S/C16H16ClN3OS/c1-11(2)22-15(16(21)19-20-8-7-18-10-20)12(3)13-5-4-6-14(17)9-13/h4-10H,1H2,2-3H3,(H,19,21)/b15-12+. The number of rotatable bonds is 5. The van der Waals surface area contributed by atoms with Crippen LogP contribution in [-0.4, -0.2) is 15.6 Å². The number of hydrogen-bond acceptors (Lipinski definition) is 3. The zero-order valence-electron chi connectivity index (χ0n) is 12.3. The van der Waals surface area contributed by atoms with Crippen LogP contribution in [0.15, 0.2) is 59.4 Å². The van der Waals surface area contributed by atoms with Crippen LogP contribution in [0.4, 0.5) is 0 Å². The van der Waals surface area contributed by atoms with E-state index in [9.17, 15) is 4.79 Å². The summed E-state index contributed by atoms with van der Waals surface area (Å²) >= 11 is 7.37. The smallest absolute Gasteiger partial charge is 0.267 e. The van der Waals surface area contributed by atoms with E-state index in [1.54, 1.807) is 18.5 Å². The Morgan fingerprint density at radius 1 is 1.41 bits per heavy atom. The van der Waals surface area contributed by atoms with Crippen LogP contribution in [0.5, 0.6) is 0 Å². The average Bonchev–Trinajstić information content (AvgIpc) is 2.96. The molecule has 0 unspecified atom stereocenters. The van der Waals surface area contributed by atoms with E-state index in [0.717, 1.165) is 16.0 Å². The van der Waals surface area contributed by atoms with E-state index >= 15 is 0 Å². The Kier molecular flexibility index (Phi) is 5.46. The molecule has 1 aromatic carbocycles. The summed E-state index contributed by atoms with van der Waals surface area (Å²) in [6, 6.07) is 7.42. The van der Waals surface area contributed by atoms with Crippen LogP contribution in [0.2, 0.25) is 5.02 Å². The Bertz CT molecular complexity index is 723. The summed E-state index contributed by atoms with van der Waals surface area (Å²) in [4.78, 5) is 17.8. The fourth-order valence-corrected chi connectivity index (χ4v) is 2.76. The monoisotopic (exact) mass is 333 g/mol. The van der Waals surface area contributed by atoms with Gasteiger partial charge in [-0.1, -0.05) is 42.1 Å². The maximum Gasteiger partial charge on any atom is 0.277 e. The fourth-order valence-electron chi connectivity index (χ4n) is 1.81. The highest BCUT2D eigenvalue weighted by atomic mass is 35.5. The van der Waals surface area contributed by atoms with Crippen LogP contribution < -0.4 is 5.43 Å². The van der Waals surface area contributed by atoms with Crippen LogP contribution in [0.25, 0.3) is 5.57 Å². The molecule has 0 atom stereocenters. The third-order valence-corrected chi connectivity index (χ3v) is 4.10. The SMILES string of the molecule is C=C(C)S/C(C(=O)Nn1ccnc1)=C(\C)c1cccc(Cl)c1. The molecule has 1 aromatic heterocycles. The van der Waals surface area contributed by atoms with Gasteiger partial charge in [0.25, 0.3) is 5.91 Å². The van der Waals surface area contributed by atoms with Crippen molar-refractivity contribution in [2.75, 3.05) is 5.43 Å². The van der Waals surface area contributed by atoms with Gasteiger partial charge in [0.2, 0.25) is 0 Å². The number of aromatic nitrogens is 2. The van der Waals surface area contributed by atoms with E-state index in [1.165, 1.54) is 22.8 Å². The molecule has 114 valence electrons. The lowest BCUT2D eigenvalue weighted by molar-refractivity contribution is -0.113. The molecule has 6 heteroatoms. The van der Waals surface area contributed by atoms with Gasteiger partial charge in [-0.05, 0) is 42.0 Å². The quantitative estimate of drug-likeness (QED) is 0.830. The largest absolute Gasteiger partial charge is 0.277 e. The van der Waals surface area contributed by atoms with Crippen LogP contribution >= 0.6 is 23.4 Å². The molecule has 0 radical (unpaired) electrons. The second kappa shape index (κ2) is 7.33. The van der Waals surface area contributed by atoms with Crippen LogP contribution in [0.3, 0.4) is 0 Å². The minimum absolute atomic E-state index is 0.219. The molecule has 0 spiro atoms. The predicted molar refractivity (Wildman–Crippen MR) is 93.0 cm³/mol. The second-order valence-corrected chi connectivity index (χ2v) is 6.43. The Balaban J connectivity index is 2.37. The van der Waals surface area contributed by atoms with Crippen molar-refractivity contribution in [3.63, 3.8) is 0 Å². The van der Waals surface area contributed by atoms with Crippen molar-refractivity contribution in [2.45, 2.75) is 13.8 Å². The first-order valence-electron chi connectivity index (χ1n) is 6.57. The average molecular weight is 334 g/mol. The van der Waals surface area contributed by atoms with Gasteiger partial charge >= 0.3 is 0 Å². The Morgan fingerprint density at radius 3 is 2.77 bits per heavy atom. The topological polar surface area (TPSA) is 46.9 Å². The Labute approximate surface area is 138 Å². The number of allylic oxidation sites excluding steroid dienone is 2. The summed E-state index contributed by atoms with van der Waals surface area (Å²) in [6.07, 6.45) is 4.78. The van der Waals surface area contributed by atoms with Gasteiger partial charge < -0.3 is 0 Å². The van der Waals surface area contributed by atoms with Gasteiger partial charge in [-0.15, -0.1) is 0 Å². The summed E-state index contributed by atoms with van der Waals surface area (Å²) in [5.74, 6) is -0.219. The molecule has 0 fully saturated rings. The number of carbonyl (C=O) groups is 1. The van der Waals surface area contributed by atoms with E-state index in [-0.39, 0.29) is 5.91 Å². The van der Waals surface area contributed by atoms with Crippen molar-refractivity contribution < 1.29 is 4.79 Å². The first kappa shape index (κ1) is 16.4. The van der Waals surface area contributed by atoms with Gasteiger partial charge in [0.15, 0.2) is 0 Å². The molecular formula is C16H16ClN3OS. The van der Waals surface area contributed by atoms with E-state index < -0.39 is 0 Å². The number of carbonyl (C=O) groups excluding carboxylic acids is 1. The van der Waals surface area contributed by atoms with E-state index in [2.05, 4.69) is 17.0 Å². The number of hydrogen-bond donors (Lipinski definition) is 1. The molecule has 0 saturated carbocycles. The highest BCUT2D eigenvalue weighted by Crippen LogP contribution is 2.32. The highest BCUT2D eigenvalue weighted by molar-refractivity contribution is 8.07. The molecular weight excluding hydrogens is 318 g/mol. The normalized spacial score (nSPS) is 11.8. The number of benzene rings is 1. The predicted octanol–water partition coefficient (Wildman–Crippen LogP) is 4.30. The molecule has 22 heavy (non-hydrogen) atoms. The zero-order chi connectivity index (χ0) is 16.1. The molecule has 4 nitrogen and oxygen atoms in total. The molecule has 1 N–H and O–H groups in total. The van der Waals surface area contributed by atoms with Gasteiger partial charge in [-0.2, -0.15) is 0 Å². The van der Waals surface area contributed by atoms with Crippen molar-refractivity contribution in [3.8, 4) is 0 Å². The minimum atomic E-state index is -0.219. The molecule has 0 aliphatic carbocycles. The van der Waals surface area contributed by atoms with Crippen LogP contribution in [-0.2, 0) is 4.79 Å². The molecule has 0 saturated heterocycles. The maximum atomic E-state index is 12.5. The van der Waals surface area contributed by atoms with Crippen LogP contribution in [0.1, 0.15) is 19.4 Å². The highest BCUT2D eigenvalue weighted by Gasteiger charge is 2.16. The zero-order valence-corrected chi connectivity index (χ0v) is 13.9. The van der Waals surface area contributed by atoms with Crippen molar-refractivity contribution in [1.82, 2.24) is 9.66 Å². The number of nitrogens with one attached hydrogen (secondary N) is 1. The second-order valence-electron chi connectivity index (χ2n) is 4.68. The summed E-state index contributed by atoms with van der Waals surface area (Å²) in [5, 5.41) is 0.631.